The van der Waals surface area contributed by atoms with E-state index in [0.29, 0.717) is 10.1 Å². The van der Waals surface area contributed by atoms with Crippen LogP contribution >= 0.6 is 23.8 Å². The molecule has 0 bridgehead atoms. The number of hydrogen-bond donors (Lipinski definition) is 2. The second-order valence-electron chi connectivity index (χ2n) is 4.79. The number of ether oxygens (including phenoxy) is 1. The van der Waals surface area contributed by atoms with E-state index in [2.05, 4.69) is 15.7 Å². The van der Waals surface area contributed by atoms with Crippen molar-refractivity contribution in [1.82, 2.24) is 15.1 Å². The summed E-state index contributed by atoms with van der Waals surface area (Å²) in [6.07, 6.45) is 2.74. The summed E-state index contributed by atoms with van der Waals surface area (Å²) >= 11 is 11.2. The van der Waals surface area contributed by atoms with Crippen molar-refractivity contribution in [3.8, 4) is 5.75 Å². The van der Waals surface area contributed by atoms with Crippen LogP contribution in [0.5, 0.6) is 5.75 Å². The highest BCUT2D eigenvalue weighted by Crippen LogP contribution is 2.16. The van der Waals surface area contributed by atoms with Crippen LogP contribution in [-0.4, -0.2) is 28.5 Å². The second-order valence-corrected chi connectivity index (χ2v) is 5.61. The molecular weight excluding hydrogens is 320 g/mol. The van der Waals surface area contributed by atoms with Crippen LogP contribution in [0.1, 0.15) is 12.1 Å². The normalized spacial score (nSPS) is 10.3. The van der Waals surface area contributed by atoms with Gasteiger partial charge in [0.25, 0.3) is 0 Å². The van der Waals surface area contributed by atoms with E-state index in [9.17, 15) is 0 Å². The minimum atomic E-state index is 0.586. The number of halogens is 1. The second kappa shape index (κ2) is 8.00. The van der Waals surface area contributed by atoms with Crippen molar-refractivity contribution in [1.29, 1.82) is 0 Å². The third-order valence-electron chi connectivity index (χ3n) is 3.06. The maximum atomic E-state index is 5.97. The molecular formula is C15H19ClN4OS. The average molecular weight is 339 g/mol. The maximum Gasteiger partial charge on any atom is 0.170 e. The Hall–Kier alpha value is -1.79. The molecule has 0 spiro atoms. The lowest BCUT2D eigenvalue weighted by atomic mass is 10.3. The fraction of sp³-hybridized carbons (Fsp3) is 0.333. The molecule has 2 aromatic rings. The SMILES string of the molecule is COc1cccc(NC(=S)NCCCn2cc(Cl)c(C)n2)c1. The highest BCUT2D eigenvalue weighted by Gasteiger charge is 2.02. The van der Waals surface area contributed by atoms with E-state index in [4.69, 9.17) is 28.6 Å². The van der Waals surface area contributed by atoms with Gasteiger partial charge in [-0.2, -0.15) is 5.10 Å². The Bertz CT molecular complexity index is 625. The van der Waals surface area contributed by atoms with Gasteiger partial charge in [-0.15, -0.1) is 0 Å². The minimum Gasteiger partial charge on any atom is -0.497 e. The molecule has 0 amide bonds. The summed E-state index contributed by atoms with van der Waals surface area (Å²) < 4.78 is 7.02. The number of methoxy groups -OCH3 is 1. The molecule has 7 heteroatoms. The molecule has 2 N–H and O–H groups in total. The fourth-order valence-corrected chi connectivity index (χ4v) is 2.30. The summed E-state index contributed by atoms with van der Waals surface area (Å²) in [5, 5.41) is 11.9. The van der Waals surface area contributed by atoms with Crippen LogP contribution < -0.4 is 15.4 Å². The average Bonchev–Trinajstić information content (AvgIpc) is 2.82. The van der Waals surface area contributed by atoms with E-state index in [0.717, 1.165) is 36.6 Å². The standard InChI is InChI=1S/C15H19ClN4OS/c1-11-14(16)10-20(19-11)8-4-7-17-15(22)18-12-5-3-6-13(9-12)21-2/h3,5-6,9-10H,4,7-8H2,1-2H3,(H2,17,18,22). The summed E-state index contributed by atoms with van der Waals surface area (Å²) in [5.74, 6) is 0.790. The maximum absolute atomic E-state index is 5.97. The fourth-order valence-electron chi connectivity index (χ4n) is 1.93. The van der Waals surface area contributed by atoms with Gasteiger partial charge in [-0.3, -0.25) is 4.68 Å². The molecule has 0 saturated heterocycles. The van der Waals surface area contributed by atoms with Gasteiger partial charge in [0.15, 0.2) is 5.11 Å². The van der Waals surface area contributed by atoms with E-state index < -0.39 is 0 Å². The first-order valence-corrected chi connectivity index (χ1v) is 7.75. The van der Waals surface area contributed by atoms with Gasteiger partial charge in [-0.05, 0) is 37.7 Å². The topological polar surface area (TPSA) is 51.1 Å². The third kappa shape index (κ3) is 4.89. The minimum absolute atomic E-state index is 0.586. The van der Waals surface area contributed by atoms with Crippen LogP contribution in [0.3, 0.4) is 0 Å². The molecule has 5 nitrogen and oxygen atoms in total. The van der Waals surface area contributed by atoms with Crippen LogP contribution in [0.4, 0.5) is 5.69 Å². The Labute approximate surface area is 140 Å². The highest BCUT2D eigenvalue weighted by molar-refractivity contribution is 7.80. The largest absolute Gasteiger partial charge is 0.497 e. The zero-order chi connectivity index (χ0) is 15.9. The molecule has 1 heterocycles. The van der Waals surface area contributed by atoms with Crippen molar-refractivity contribution in [3.63, 3.8) is 0 Å². The van der Waals surface area contributed by atoms with E-state index in [1.165, 1.54) is 0 Å². The highest BCUT2D eigenvalue weighted by atomic mass is 35.5. The number of aromatic nitrogens is 2. The first-order valence-electron chi connectivity index (χ1n) is 6.97. The van der Waals surface area contributed by atoms with Crippen molar-refractivity contribution >= 4 is 34.6 Å². The number of hydrogen-bond acceptors (Lipinski definition) is 3. The molecule has 0 saturated carbocycles. The summed E-state index contributed by atoms with van der Waals surface area (Å²) in [4.78, 5) is 0. The lowest BCUT2D eigenvalue weighted by Crippen LogP contribution is -2.29. The van der Waals surface area contributed by atoms with E-state index in [1.807, 2.05) is 42.1 Å². The molecule has 0 radical (unpaired) electrons. The predicted octanol–water partition coefficient (Wildman–Crippen LogP) is 3.23. The first-order chi connectivity index (χ1) is 10.6. The van der Waals surface area contributed by atoms with E-state index >= 15 is 0 Å². The molecule has 0 aliphatic rings. The molecule has 0 aliphatic carbocycles. The quantitative estimate of drug-likeness (QED) is 0.625. The Morgan fingerprint density at radius 2 is 2.27 bits per heavy atom. The Morgan fingerprint density at radius 1 is 1.45 bits per heavy atom. The summed E-state index contributed by atoms with van der Waals surface area (Å²) in [5.41, 5.74) is 1.75. The van der Waals surface area contributed by atoms with Crippen LogP contribution in [0.15, 0.2) is 30.5 Å². The number of nitrogens with zero attached hydrogens (tertiary/aromatic N) is 2. The van der Waals surface area contributed by atoms with Crippen molar-refractivity contribution in [3.05, 3.63) is 41.2 Å². The molecule has 2 rings (SSSR count). The molecule has 0 atom stereocenters. The number of anilines is 1. The van der Waals surface area contributed by atoms with Gasteiger partial charge in [0, 0.05) is 31.0 Å². The van der Waals surface area contributed by atoms with Crippen molar-refractivity contribution < 1.29 is 4.74 Å². The van der Waals surface area contributed by atoms with Gasteiger partial charge in [0.2, 0.25) is 0 Å². The van der Waals surface area contributed by atoms with E-state index in [-0.39, 0.29) is 0 Å². The van der Waals surface area contributed by atoms with E-state index in [1.54, 1.807) is 7.11 Å². The lowest BCUT2D eigenvalue weighted by molar-refractivity contribution is 0.415. The van der Waals surface area contributed by atoms with Crippen molar-refractivity contribution in [2.45, 2.75) is 19.9 Å². The van der Waals surface area contributed by atoms with Gasteiger partial charge in [-0.1, -0.05) is 17.7 Å². The van der Waals surface area contributed by atoms with Crippen LogP contribution in [0.25, 0.3) is 0 Å². The monoisotopic (exact) mass is 338 g/mol. The number of thiocarbonyl (C=S) groups is 1. The smallest absolute Gasteiger partial charge is 0.170 e. The summed E-state index contributed by atoms with van der Waals surface area (Å²) in [7, 11) is 1.64. The number of nitrogens with one attached hydrogen (secondary N) is 2. The summed E-state index contributed by atoms with van der Waals surface area (Å²) in [6, 6.07) is 7.62. The third-order valence-corrected chi connectivity index (χ3v) is 3.68. The zero-order valence-corrected chi connectivity index (χ0v) is 14.2. The van der Waals surface area contributed by atoms with Gasteiger partial charge in [0.1, 0.15) is 5.75 Å². The van der Waals surface area contributed by atoms with Crippen molar-refractivity contribution in [2.75, 3.05) is 19.0 Å². The van der Waals surface area contributed by atoms with Crippen LogP contribution in [-0.2, 0) is 6.54 Å². The van der Waals surface area contributed by atoms with Crippen LogP contribution in [0.2, 0.25) is 5.02 Å². The van der Waals surface area contributed by atoms with Gasteiger partial charge < -0.3 is 15.4 Å². The number of rotatable bonds is 6. The van der Waals surface area contributed by atoms with Gasteiger partial charge >= 0.3 is 0 Å². The molecule has 0 aliphatic heterocycles. The molecule has 1 aromatic heterocycles. The van der Waals surface area contributed by atoms with Gasteiger partial charge in [-0.25, -0.2) is 0 Å². The Morgan fingerprint density at radius 3 is 2.95 bits per heavy atom. The molecule has 0 fully saturated rings. The Balaban J connectivity index is 1.71. The zero-order valence-electron chi connectivity index (χ0n) is 12.6. The Kier molecular flexibility index (Phi) is 6.03. The molecule has 22 heavy (non-hydrogen) atoms. The summed E-state index contributed by atoms with van der Waals surface area (Å²) in [6.45, 7) is 3.44. The van der Waals surface area contributed by atoms with Gasteiger partial charge in [0.05, 0.1) is 17.8 Å². The van der Waals surface area contributed by atoms with Crippen LogP contribution in [0, 0.1) is 6.92 Å². The number of aryl methyl sites for hydroxylation is 2. The predicted molar refractivity (Wildman–Crippen MR) is 93.8 cm³/mol. The molecule has 0 unspecified atom stereocenters. The molecule has 1 aromatic carbocycles. The number of benzene rings is 1. The van der Waals surface area contributed by atoms with Crippen molar-refractivity contribution in [2.24, 2.45) is 0 Å². The molecule has 118 valence electrons. The lowest BCUT2D eigenvalue weighted by Gasteiger charge is -2.11. The first kappa shape index (κ1) is 16.6.